The third kappa shape index (κ3) is 4.16. The number of halogens is 4. The molecule has 0 unspecified atom stereocenters. The predicted octanol–water partition coefficient (Wildman–Crippen LogP) is 1.95. The maximum Gasteiger partial charge on any atom is 0.324 e. The number of hydrogen-bond donors (Lipinski definition) is 2. The van der Waals surface area contributed by atoms with Gasteiger partial charge in [0.15, 0.2) is 0 Å². The van der Waals surface area contributed by atoms with Crippen molar-refractivity contribution < 1.29 is 22.4 Å². The van der Waals surface area contributed by atoms with E-state index in [1.807, 2.05) is 0 Å². The van der Waals surface area contributed by atoms with Crippen LogP contribution in [0.25, 0.3) is 0 Å². The topological polar surface area (TPSA) is 55.1 Å². The molecule has 0 saturated carbocycles. The molecule has 0 aliphatic heterocycles. The fourth-order valence-electron chi connectivity index (χ4n) is 1.16. The quantitative estimate of drug-likeness (QED) is 0.644. The second-order valence-electron chi connectivity index (χ2n) is 3.69. The first-order valence-electron chi connectivity index (χ1n) is 5.08. The van der Waals surface area contributed by atoms with Gasteiger partial charge >= 0.3 is 12.3 Å². The molecule has 0 bridgehead atoms. The summed E-state index contributed by atoms with van der Waals surface area (Å²) < 4.78 is 48.9. The zero-order chi connectivity index (χ0) is 14.6. The number of thiocarbonyl (C=S) groups is 1. The molecule has 0 aliphatic rings. The SMILES string of the molecule is NC(=S)c1ccc(C(=O)NCC(F)(F)C(F)F)cc1. The number of hydrogen-bond acceptors (Lipinski definition) is 2. The van der Waals surface area contributed by atoms with Gasteiger partial charge in [0.25, 0.3) is 5.91 Å². The minimum atomic E-state index is -4.26. The van der Waals surface area contributed by atoms with Crippen LogP contribution < -0.4 is 11.1 Å². The zero-order valence-electron chi connectivity index (χ0n) is 9.50. The molecule has 0 saturated heterocycles. The highest BCUT2D eigenvalue weighted by molar-refractivity contribution is 7.80. The summed E-state index contributed by atoms with van der Waals surface area (Å²) in [4.78, 5) is 11.6. The molecule has 1 aromatic rings. The highest BCUT2D eigenvalue weighted by atomic mass is 32.1. The van der Waals surface area contributed by atoms with E-state index in [2.05, 4.69) is 0 Å². The van der Waals surface area contributed by atoms with E-state index in [1.54, 1.807) is 5.32 Å². The summed E-state index contributed by atoms with van der Waals surface area (Å²) in [5.74, 6) is -5.14. The molecular formula is C11H10F4N2OS. The van der Waals surface area contributed by atoms with Gasteiger partial charge in [-0.1, -0.05) is 24.4 Å². The van der Waals surface area contributed by atoms with Crippen molar-refractivity contribution in [3.05, 3.63) is 35.4 Å². The highest BCUT2D eigenvalue weighted by Crippen LogP contribution is 2.21. The summed E-state index contributed by atoms with van der Waals surface area (Å²) in [5.41, 5.74) is 5.89. The number of nitrogens with two attached hydrogens (primary N) is 1. The van der Waals surface area contributed by atoms with E-state index in [-0.39, 0.29) is 10.6 Å². The molecule has 0 heterocycles. The Bertz CT molecular complexity index is 476. The van der Waals surface area contributed by atoms with Gasteiger partial charge in [-0.25, -0.2) is 8.78 Å². The second-order valence-corrected chi connectivity index (χ2v) is 4.13. The molecule has 1 rings (SSSR count). The smallest absolute Gasteiger partial charge is 0.324 e. The van der Waals surface area contributed by atoms with Crippen LogP contribution >= 0.6 is 12.2 Å². The van der Waals surface area contributed by atoms with E-state index in [1.165, 1.54) is 24.3 Å². The van der Waals surface area contributed by atoms with Crippen LogP contribution in [0.2, 0.25) is 0 Å². The van der Waals surface area contributed by atoms with Crippen LogP contribution in [0.3, 0.4) is 0 Å². The van der Waals surface area contributed by atoms with Gasteiger partial charge in [0, 0.05) is 11.1 Å². The van der Waals surface area contributed by atoms with Crippen molar-refractivity contribution in [3.8, 4) is 0 Å². The third-order valence-electron chi connectivity index (χ3n) is 2.24. The van der Waals surface area contributed by atoms with E-state index in [4.69, 9.17) is 18.0 Å². The van der Waals surface area contributed by atoms with Crippen LogP contribution in [-0.4, -0.2) is 29.8 Å². The van der Waals surface area contributed by atoms with E-state index >= 15 is 0 Å². The number of benzene rings is 1. The van der Waals surface area contributed by atoms with Gasteiger partial charge in [0.1, 0.15) is 4.99 Å². The summed E-state index contributed by atoms with van der Waals surface area (Å²) in [5, 5.41) is 1.74. The number of alkyl halides is 4. The van der Waals surface area contributed by atoms with Gasteiger partial charge < -0.3 is 11.1 Å². The number of carbonyl (C=O) groups excluding carboxylic acids is 1. The summed E-state index contributed by atoms with van der Waals surface area (Å²) in [6.07, 6.45) is -3.83. The fourth-order valence-corrected chi connectivity index (χ4v) is 1.30. The Morgan fingerprint density at radius 3 is 2.16 bits per heavy atom. The molecule has 104 valence electrons. The Hall–Kier alpha value is -1.70. The number of nitrogens with one attached hydrogen (secondary N) is 1. The Morgan fingerprint density at radius 2 is 1.74 bits per heavy atom. The van der Waals surface area contributed by atoms with Crippen LogP contribution in [0.15, 0.2) is 24.3 Å². The minimum Gasteiger partial charge on any atom is -0.389 e. The molecule has 3 nitrogen and oxygen atoms in total. The molecule has 0 radical (unpaired) electrons. The molecule has 0 spiro atoms. The molecule has 1 amide bonds. The monoisotopic (exact) mass is 294 g/mol. The van der Waals surface area contributed by atoms with Crippen molar-refractivity contribution in [1.29, 1.82) is 0 Å². The average molecular weight is 294 g/mol. The summed E-state index contributed by atoms with van der Waals surface area (Å²) in [6, 6.07) is 5.49. The summed E-state index contributed by atoms with van der Waals surface area (Å²) in [6.45, 7) is -1.43. The van der Waals surface area contributed by atoms with Gasteiger partial charge in [0.2, 0.25) is 0 Å². The van der Waals surface area contributed by atoms with Gasteiger partial charge in [-0.05, 0) is 12.1 Å². The molecule has 0 fully saturated rings. The number of carbonyl (C=O) groups is 1. The van der Waals surface area contributed by atoms with Gasteiger partial charge in [-0.2, -0.15) is 8.78 Å². The maximum absolute atomic E-state index is 12.6. The second kappa shape index (κ2) is 5.96. The first-order chi connectivity index (χ1) is 8.74. The number of rotatable bonds is 5. The lowest BCUT2D eigenvalue weighted by Gasteiger charge is -2.15. The first kappa shape index (κ1) is 15.4. The largest absolute Gasteiger partial charge is 0.389 e. The summed E-state index contributed by atoms with van der Waals surface area (Å²) in [7, 11) is 0. The Morgan fingerprint density at radius 1 is 1.26 bits per heavy atom. The van der Waals surface area contributed by atoms with Crippen LogP contribution in [-0.2, 0) is 0 Å². The highest BCUT2D eigenvalue weighted by Gasteiger charge is 2.40. The third-order valence-corrected chi connectivity index (χ3v) is 2.47. The molecule has 0 aromatic heterocycles. The lowest BCUT2D eigenvalue weighted by molar-refractivity contribution is -0.123. The predicted molar refractivity (Wildman–Crippen MR) is 65.6 cm³/mol. The van der Waals surface area contributed by atoms with E-state index in [9.17, 15) is 22.4 Å². The molecular weight excluding hydrogens is 284 g/mol. The van der Waals surface area contributed by atoms with E-state index < -0.39 is 24.8 Å². The van der Waals surface area contributed by atoms with Gasteiger partial charge in [-0.3, -0.25) is 4.79 Å². The first-order valence-corrected chi connectivity index (χ1v) is 5.49. The maximum atomic E-state index is 12.6. The van der Waals surface area contributed by atoms with Gasteiger partial charge in [-0.15, -0.1) is 0 Å². The van der Waals surface area contributed by atoms with Crippen molar-refractivity contribution in [1.82, 2.24) is 5.32 Å². The Kier molecular flexibility index (Phi) is 4.82. The van der Waals surface area contributed by atoms with Crippen molar-refractivity contribution in [3.63, 3.8) is 0 Å². The summed E-state index contributed by atoms with van der Waals surface area (Å²) >= 11 is 4.69. The lowest BCUT2D eigenvalue weighted by atomic mass is 10.1. The lowest BCUT2D eigenvalue weighted by Crippen LogP contribution is -2.41. The van der Waals surface area contributed by atoms with Crippen LogP contribution in [0.5, 0.6) is 0 Å². The van der Waals surface area contributed by atoms with E-state index in [0.717, 1.165) is 0 Å². The van der Waals surface area contributed by atoms with E-state index in [0.29, 0.717) is 5.56 Å². The van der Waals surface area contributed by atoms with Crippen molar-refractivity contribution in [2.24, 2.45) is 5.73 Å². The number of amides is 1. The molecule has 19 heavy (non-hydrogen) atoms. The zero-order valence-corrected chi connectivity index (χ0v) is 10.3. The molecule has 0 aliphatic carbocycles. The Labute approximate surface area is 111 Å². The molecule has 1 aromatic carbocycles. The average Bonchev–Trinajstić information content (AvgIpc) is 2.36. The molecule has 3 N–H and O–H groups in total. The normalized spacial score (nSPS) is 11.4. The van der Waals surface area contributed by atoms with Crippen LogP contribution in [0, 0.1) is 0 Å². The molecule has 8 heteroatoms. The minimum absolute atomic E-state index is 0.0464. The van der Waals surface area contributed by atoms with Crippen molar-refractivity contribution in [2.75, 3.05) is 6.54 Å². The van der Waals surface area contributed by atoms with Crippen LogP contribution in [0.4, 0.5) is 17.6 Å². The standard InChI is InChI=1S/C11H10F4N2OS/c12-10(13)11(14,15)5-17-9(18)7-3-1-6(2-4-7)8(16)19/h1-4,10H,5H2,(H2,16,19)(H,17,18). The fraction of sp³-hybridized carbons (Fsp3) is 0.273. The Balaban J connectivity index is 2.66. The van der Waals surface area contributed by atoms with Gasteiger partial charge in [0.05, 0.1) is 6.54 Å². The van der Waals surface area contributed by atoms with Crippen molar-refractivity contribution in [2.45, 2.75) is 12.3 Å². The van der Waals surface area contributed by atoms with Crippen LogP contribution in [0.1, 0.15) is 15.9 Å². The van der Waals surface area contributed by atoms with Crippen molar-refractivity contribution >= 4 is 23.1 Å². The molecule has 0 atom stereocenters.